The largest absolute Gasteiger partial charge is 0.493 e. The van der Waals surface area contributed by atoms with Gasteiger partial charge in [-0.1, -0.05) is 24.3 Å². The Bertz CT molecular complexity index is 971. The summed E-state index contributed by atoms with van der Waals surface area (Å²) in [5.74, 6) is 0.354. The molecule has 0 aliphatic rings. The monoisotopic (exact) mass is 436 g/mol. The van der Waals surface area contributed by atoms with Crippen LogP contribution < -0.4 is 14.2 Å². The first-order chi connectivity index (χ1) is 14.1. The van der Waals surface area contributed by atoms with Gasteiger partial charge in [-0.15, -0.1) is 0 Å². The van der Waals surface area contributed by atoms with Crippen molar-refractivity contribution in [3.8, 4) is 11.5 Å². The quantitative estimate of drug-likeness (QED) is 0.606. The Kier molecular flexibility index (Phi) is 8.08. The van der Waals surface area contributed by atoms with E-state index in [2.05, 4.69) is 5.32 Å². The predicted molar refractivity (Wildman–Crippen MR) is 116 cm³/mol. The number of hydrogen-bond acceptors (Lipinski definition) is 6. The molecule has 2 aromatic rings. The van der Waals surface area contributed by atoms with E-state index in [-0.39, 0.29) is 24.1 Å². The summed E-state index contributed by atoms with van der Waals surface area (Å²) in [5.41, 5.74) is 3.37. The minimum atomic E-state index is -3.73. The molecule has 30 heavy (non-hydrogen) atoms. The van der Waals surface area contributed by atoms with Crippen molar-refractivity contribution in [1.82, 2.24) is 4.90 Å². The minimum absolute atomic E-state index is 0.0688. The van der Waals surface area contributed by atoms with Crippen LogP contribution in [0.4, 0.5) is 10.5 Å². The van der Waals surface area contributed by atoms with Crippen LogP contribution in [0.15, 0.2) is 36.4 Å². The van der Waals surface area contributed by atoms with Crippen LogP contribution in [-0.4, -0.2) is 53.0 Å². The number of nitrogens with one attached hydrogen (secondary N) is 1. The number of hydrogen-bond donors (Lipinski definition) is 1. The van der Waals surface area contributed by atoms with E-state index in [4.69, 9.17) is 13.7 Å². The summed E-state index contributed by atoms with van der Waals surface area (Å²) >= 11 is 0. The smallest absolute Gasteiger partial charge is 0.322 e. The zero-order valence-corrected chi connectivity index (χ0v) is 18.7. The Labute approximate surface area is 177 Å². The van der Waals surface area contributed by atoms with E-state index in [1.807, 2.05) is 32.0 Å². The fourth-order valence-corrected chi connectivity index (χ4v) is 3.38. The van der Waals surface area contributed by atoms with Gasteiger partial charge in [-0.2, -0.15) is 8.42 Å². The highest BCUT2D eigenvalue weighted by Crippen LogP contribution is 2.30. The maximum Gasteiger partial charge on any atom is 0.322 e. The topological polar surface area (TPSA) is 94.2 Å². The van der Waals surface area contributed by atoms with E-state index in [0.29, 0.717) is 18.7 Å². The summed E-state index contributed by atoms with van der Waals surface area (Å²) < 4.78 is 38.4. The van der Waals surface area contributed by atoms with Crippen molar-refractivity contribution in [3.05, 3.63) is 53.1 Å². The molecule has 0 unspecified atom stereocenters. The molecule has 0 bridgehead atoms. The number of methoxy groups -OCH3 is 2. The molecule has 0 aliphatic heterocycles. The molecule has 8 nitrogen and oxygen atoms in total. The van der Waals surface area contributed by atoms with Crippen LogP contribution in [0.25, 0.3) is 0 Å². The standard InChI is InChI=1S/C21H28N2O6S/c1-15-7-6-8-16(2)20(15)22-21(24)23(11-12-27-3)14-17-9-10-18(28-4)19(13-17)29-30(5,25)26/h6-10,13H,11-12,14H2,1-5H3,(H,22,24). The summed E-state index contributed by atoms with van der Waals surface area (Å²) in [4.78, 5) is 14.6. The van der Waals surface area contributed by atoms with Crippen LogP contribution in [0.5, 0.6) is 11.5 Å². The van der Waals surface area contributed by atoms with Crippen LogP contribution in [0, 0.1) is 13.8 Å². The van der Waals surface area contributed by atoms with Gasteiger partial charge in [0.2, 0.25) is 0 Å². The van der Waals surface area contributed by atoms with Gasteiger partial charge in [0.05, 0.1) is 20.0 Å². The molecule has 0 heterocycles. The molecule has 9 heteroatoms. The zero-order chi connectivity index (χ0) is 22.3. The third-order valence-corrected chi connectivity index (χ3v) is 4.89. The van der Waals surface area contributed by atoms with Crippen LogP contribution >= 0.6 is 0 Å². The van der Waals surface area contributed by atoms with Crippen LogP contribution in [0.1, 0.15) is 16.7 Å². The normalized spacial score (nSPS) is 11.1. The SMILES string of the molecule is COCCN(Cc1ccc(OC)c(OS(C)(=O)=O)c1)C(=O)Nc1c(C)cccc1C. The Hall–Kier alpha value is -2.78. The second kappa shape index (κ2) is 10.3. The molecular formula is C21H28N2O6S. The van der Waals surface area contributed by atoms with Gasteiger partial charge in [-0.3, -0.25) is 0 Å². The molecule has 0 saturated carbocycles. The number of carbonyl (C=O) groups is 1. The minimum Gasteiger partial charge on any atom is -0.493 e. The molecule has 2 rings (SSSR count). The number of benzene rings is 2. The number of carbonyl (C=O) groups excluding carboxylic acids is 1. The summed E-state index contributed by atoms with van der Waals surface area (Å²) in [6, 6.07) is 10.4. The summed E-state index contributed by atoms with van der Waals surface area (Å²) in [5, 5.41) is 2.96. The predicted octanol–water partition coefficient (Wildman–Crippen LogP) is 3.33. The van der Waals surface area contributed by atoms with Crippen molar-refractivity contribution >= 4 is 21.8 Å². The van der Waals surface area contributed by atoms with Crippen LogP contribution in [0.2, 0.25) is 0 Å². The number of para-hydroxylation sites is 1. The van der Waals surface area contributed by atoms with E-state index in [9.17, 15) is 13.2 Å². The van der Waals surface area contributed by atoms with E-state index in [1.165, 1.54) is 7.11 Å². The van der Waals surface area contributed by atoms with Gasteiger partial charge < -0.3 is 23.9 Å². The number of ether oxygens (including phenoxy) is 2. The molecule has 0 aromatic heterocycles. The number of amides is 2. The van der Waals surface area contributed by atoms with Gasteiger partial charge in [0.15, 0.2) is 11.5 Å². The lowest BCUT2D eigenvalue weighted by Gasteiger charge is -2.24. The number of rotatable bonds is 9. The number of aryl methyl sites for hydroxylation is 2. The highest BCUT2D eigenvalue weighted by atomic mass is 32.2. The van der Waals surface area contributed by atoms with Gasteiger partial charge in [0.25, 0.3) is 0 Å². The van der Waals surface area contributed by atoms with Crippen LogP contribution in [-0.2, 0) is 21.4 Å². The lowest BCUT2D eigenvalue weighted by atomic mass is 10.1. The first kappa shape index (κ1) is 23.5. The maximum atomic E-state index is 13.0. The van der Waals surface area contributed by atoms with E-state index < -0.39 is 10.1 Å². The molecule has 0 saturated heterocycles. The molecule has 164 valence electrons. The average Bonchev–Trinajstić information content (AvgIpc) is 2.67. The first-order valence-corrected chi connectivity index (χ1v) is 11.1. The summed E-state index contributed by atoms with van der Waals surface area (Å²) in [6.45, 7) is 4.79. The van der Waals surface area contributed by atoms with Gasteiger partial charge >= 0.3 is 16.1 Å². The number of nitrogens with zero attached hydrogens (tertiary/aromatic N) is 1. The number of urea groups is 1. The Balaban J connectivity index is 2.27. The molecule has 0 atom stereocenters. The van der Waals surface area contributed by atoms with E-state index in [0.717, 1.165) is 23.1 Å². The summed E-state index contributed by atoms with van der Waals surface area (Å²) in [6.07, 6.45) is 0.960. The lowest BCUT2D eigenvalue weighted by Crippen LogP contribution is -2.37. The second-order valence-corrected chi connectivity index (χ2v) is 8.46. The van der Waals surface area contributed by atoms with E-state index in [1.54, 1.807) is 30.2 Å². The second-order valence-electron chi connectivity index (χ2n) is 6.88. The van der Waals surface area contributed by atoms with E-state index >= 15 is 0 Å². The third kappa shape index (κ3) is 6.64. The molecule has 0 aliphatic carbocycles. The first-order valence-electron chi connectivity index (χ1n) is 9.32. The van der Waals surface area contributed by atoms with Crippen molar-refractivity contribution < 1.29 is 26.9 Å². The van der Waals surface area contributed by atoms with Crippen molar-refractivity contribution in [2.24, 2.45) is 0 Å². The summed E-state index contributed by atoms with van der Waals surface area (Å²) in [7, 11) is -0.742. The fraction of sp³-hybridized carbons (Fsp3) is 0.381. The Morgan fingerprint density at radius 2 is 1.73 bits per heavy atom. The van der Waals surface area contributed by atoms with Crippen LogP contribution in [0.3, 0.4) is 0 Å². The average molecular weight is 437 g/mol. The zero-order valence-electron chi connectivity index (χ0n) is 17.9. The van der Waals surface area contributed by atoms with Crippen molar-refractivity contribution in [2.45, 2.75) is 20.4 Å². The maximum absolute atomic E-state index is 13.0. The van der Waals surface area contributed by atoms with Crippen molar-refractivity contribution in [3.63, 3.8) is 0 Å². The highest BCUT2D eigenvalue weighted by Gasteiger charge is 2.18. The number of anilines is 1. The molecule has 0 radical (unpaired) electrons. The Morgan fingerprint density at radius 3 is 2.30 bits per heavy atom. The molecular weight excluding hydrogens is 408 g/mol. The fourth-order valence-electron chi connectivity index (χ4n) is 2.92. The van der Waals surface area contributed by atoms with Gasteiger partial charge in [-0.05, 0) is 42.7 Å². The van der Waals surface area contributed by atoms with Crippen molar-refractivity contribution in [1.29, 1.82) is 0 Å². The Morgan fingerprint density at radius 1 is 1.07 bits per heavy atom. The molecule has 1 N–H and O–H groups in total. The van der Waals surface area contributed by atoms with Gasteiger partial charge in [-0.25, -0.2) is 4.79 Å². The van der Waals surface area contributed by atoms with Crippen molar-refractivity contribution in [2.75, 3.05) is 38.9 Å². The van der Waals surface area contributed by atoms with Gasteiger partial charge in [0.1, 0.15) is 0 Å². The molecule has 2 amide bonds. The lowest BCUT2D eigenvalue weighted by molar-refractivity contribution is 0.152. The molecule has 0 spiro atoms. The van der Waals surface area contributed by atoms with Gasteiger partial charge in [0, 0.05) is 25.9 Å². The third-order valence-electron chi connectivity index (χ3n) is 4.41. The molecule has 2 aromatic carbocycles. The highest BCUT2D eigenvalue weighted by molar-refractivity contribution is 7.86. The molecule has 0 fully saturated rings.